The Morgan fingerprint density at radius 1 is 1.31 bits per heavy atom. The number of nitrogens with zero attached hydrogens (tertiary/aromatic N) is 4. The molecule has 2 aliphatic rings. The molecule has 0 amide bonds. The van der Waals surface area contributed by atoms with Crippen LogP contribution in [0.25, 0.3) is 11.0 Å². The summed E-state index contributed by atoms with van der Waals surface area (Å²) in [4.78, 5) is 31.0. The molecule has 1 aliphatic carbocycles. The molecule has 2 fully saturated rings. The van der Waals surface area contributed by atoms with Gasteiger partial charge in [-0.2, -0.15) is 9.07 Å². The van der Waals surface area contributed by atoms with Gasteiger partial charge < -0.3 is 21.2 Å². The molecule has 1 saturated carbocycles. The molecule has 2 aromatic rings. The highest BCUT2D eigenvalue weighted by atomic mass is 19.1. The Hall–Kier alpha value is -2.46. The zero-order valence-corrected chi connectivity index (χ0v) is 16.9. The van der Waals surface area contributed by atoms with Crippen LogP contribution in [0.3, 0.4) is 0 Å². The number of halogens is 1. The normalized spacial score (nSPS) is 23.1. The van der Waals surface area contributed by atoms with Crippen molar-refractivity contribution in [3.05, 3.63) is 32.3 Å². The molecule has 158 valence electrons. The zero-order valence-electron chi connectivity index (χ0n) is 16.9. The molecule has 0 aromatic carbocycles. The van der Waals surface area contributed by atoms with E-state index in [0.29, 0.717) is 41.1 Å². The molecule has 1 aliphatic heterocycles. The molecule has 2 aromatic heterocycles. The third kappa shape index (κ3) is 3.10. The predicted molar refractivity (Wildman–Crippen MR) is 108 cm³/mol. The largest absolute Gasteiger partial charge is 0.383 e. The molecule has 1 saturated heterocycles. The van der Waals surface area contributed by atoms with Crippen molar-refractivity contribution in [2.24, 2.45) is 17.6 Å². The first-order valence-corrected chi connectivity index (χ1v) is 9.88. The zero-order chi connectivity index (χ0) is 21.0. The number of hydrogen-bond acceptors (Lipinski definition) is 7. The first-order valence-electron chi connectivity index (χ1n) is 9.88. The topological polar surface area (TPSA) is 121 Å². The van der Waals surface area contributed by atoms with Gasteiger partial charge in [-0.25, -0.2) is 9.78 Å². The van der Waals surface area contributed by atoms with E-state index in [0.717, 1.165) is 12.8 Å². The van der Waals surface area contributed by atoms with E-state index in [1.165, 1.54) is 4.57 Å². The first kappa shape index (κ1) is 19.8. The summed E-state index contributed by atoms with van der Waals surface area (Å²) in [6.07, 6.45) is 1.63. The highest BCUT2D eigenvalue weighted by Crippen LogP contribution is 2.39. The summed E-state index contributed by atoms with van der Waals surface area (Å²) in [5.74, 6) is 5.28. The summed E-state index contributed by atoms with van der Waals surface area (Å²) in [7, 11) is 1.61. The first-order chi connectivity index (χ1) is 13.8. The van der Waals surface area contributed by atoms with E-state index in [2.05, 4.69) is 11.9 Å². The molecule has 4 N–H and O–H groups in total. The minimum atomic E-state index is -0.787. The summed E-state index contributed by atoms with van der Waals surface area (Å²) >= 11 is 0. The minimum absolute atomic E-state index is 0.0420. The van der Waals surface area contributed by atoms with Crippen molar-refractivity contribution in [1.82, 2.24) is 14.2 Å². The number of aryl methyl sites for hydroxylation is 1. The van der Waals surface area contributed by atoms with Gasteiger partial charge >= 0.3 is 11.2 Å². The maximum atomic E-state index is 15.1. The van der Waals surface area contributed by atoms with E-state index in [1.807, 2.05) is 4.90 Å². The van der Waals surface area contributed by atoms with Crippen molar-refractivity contribution in [3.63, 3.8) is 0 Å². The van der Waals surface area contributed by atoms with Gasteiger partial charge in [0, 0.05) is 37.8 Å². The molecule has 3 heterocycles. The van der Waals surface area contributed by atoms with E-state index in [-0.39, 0.29) is 29.4 Å². The lowest BCUT2D eigenvalue weighted by Crippen LogP contribution is -2.45. The van der Waals surface area contributed by atoms with Crippen molar-refractivity contribution in [2.45, 2.75) is 38.8 Å². The number of nitrogen functional groups attached to an aromatic ring is 1. The fourth-order valence-corrected chi connectivity index (χ4v) is 4.59. The van der Waals surface area contributed by atoms with E-state index in [1.54, 1.807) is 14.0 Å². The standard InChI is InChI=1S/C19H27FN6O3/c1-9-6-24(7-12(9)13(21)8-29-3)16-10(2)15-14(23-17(16)20)18(27)26(22)19(28)25(15)11-4-5-11/h9,11-13H,4-8,21-22H2,1-3H3. The lowest BCUT2D eigenvalue weighted by molar-refractivity contribution is 0.152. The van der Waals surface area contributed by atoms with Crippen molar-refractivity contribution in [1.29, 1.82) is 0 Å². The Kier molecular flexibility index (Phi) is 4.86. The van der Waals surface area contributed by atoms with Crippen molar-refractivity contribution in [2.75, 3.05) is 37.5 Å². The molecule has 4 rings (SSSR count). The molecule has 0 bridgehead atoms. The maximum absolute atomic E-state index is 15.1. The van der Waals surface area contributed by atoms with Gasteiger partial charge in [0.2, 0.25) is 5.95 Å². The quantitative estimate of drug-likeness (QED) is 0.533. The Morgan fingerprint density at radius 3 is 2.62 bits per heavy atom. The smallest absolute Gasteiger partial charge is 0.350 e. The third-order valence-electron chi connectivity index (χ3n) is 6.22. The summed E-state index contributed by atoms with van der Waals surface area (Å²) in [6, 6.07) is -0.203. The number of rotatable bonds is 5. The lowest BCUT2D eigenvalue weighted by atomic mass is 9.91. The molecule has 10 heteroatoms. The van der Waals surface area contributed by atoms with Gasteiger partial charge in [-0.15, -0.1) is 0 Å². The van der Waals surface area contributed by atoms with Crippen LogP contribution < -0.4 is 27.7 Å². The van der Waals surface area contributed by atoms with Crippen molar-refractivity contribution < 1.29 is 9.13 Å². The second-order valence-corrected chi connectivity index (χ2v) is 8.30. The van der Waals surface area contributed by atoms with Crippen LogP contribution in [0.4, 0.5) is 10.1 Å². The van der Waals surface area contributed by atoms with E-state index in [4.69, 9.17) is 16.3 Å². The molecule has 29 heavy (non-hydrogen) atoms. The van der Waals surface area contributed by atoms with Crippen LogP contribution in [0, 0.1) is 24.7 Å². The number of hydrogen-bond donors (Lipinski definition) is 2. The number of methoxy groups -OCH3 is 1. The van der Waals surface area contributed by atoms with Crippen molar-refractivity contribution in [3.8, 4) is 0 Å². The summed E-state index contributed by atoms with van der Waals surface area (Å²) in [5, 5.41) is 0. The van der Waals surface area contributed by atoms with Gasteiger partial charge in [0.05, 0.1) is 17.8 Å². The molecular weight excluding hydrogens is 379 g/mol. The van der Waals surface area contributed by atoms with Gasteiger partial charge in [-0.05, 0) is 31.6 Å². The monoisotopic (exact) mass is 406 g/mol. The second kappa shape index (κ2) is 7.10. The highest BCUT2D eigenvalue weighted by Gasteiger charge is 2.37. The Labute approximate surface area is 167 Å². The van der Waals surface area contributed by atoms with Gasteiger partial charge in [0.25, 0.3) is 0 Å². The van der Waals surface area contributed by atoms with Gasteiger partial charge in [-0.1, -0.05) is 6.92 Å². The second-order valence-electron chi connectivity index (χ2n) is 8.30. The average Bonchev–Trinajstić information content (AvgIpc) is 3.43. The molecule has 0 spiro atoms. The van der Waals surface area contributed by atoms with Gasteiger partial charge in [-0.3, -0.25) is 9.36 Å². The Morgan fingerprint density at radius 2 is 2.00 bits per heavy atom. The van der Waals surface area contributed by atoms with Gasteiger partial charge in [0.1, 0.15) is 0 Å². The van der Waals surface area contributed by atoms with Crippen LogP contribution in [-0.4, -0.2) is 47.1 Å². The number of anilines is 1. The van der Waals surface area contributed by atoms with E-state index >= 15 is 4.39 Å². The fourth-order valence-electron chi connectivity index (χ4n) is 4.59. The average molecular weight is 406 g/mol. The third-order valence-corrected chi connectivity index (χ3v) is 6.22. The summed E-state index contributed by atoms with van der Waals surface area (Å²) < 4.78 is 22.3. The van der Waals surface area contributed by atoms with Crippen molar-refractivity contribution >= 4 is 16.7 Å². The molecular formula is C19H27FN6O3. The summed E-state index contributed by atoms with van der Waals surface area (Å²) in [5.41, 5.74) is 5.98. The maximum Gasteiger partial charge on any atom is 0.350 e. The van der Waals surface area contributed by atoms with Crippen LogP contribution in [-0.2, 0) is 4.74 Å². The van der Waals surface area contributed by atoms with Crippen LogP contribution >= 0.6 is 0 Å². The number of nitrogens with two attached hydrogens (primary N) is 2. The number of pyridine rings is 1. The fraction of sp³-hybridized carbons (Fsp3) is 0.632. The number of ether oxygens (including phenoxy) is 1. The predicted octanol–water partition coefficient (Wildman–Crippen LogP) is 0.100. The number of fused-ring (bicyclic) bond motifs is 1. The number of aromatic nitrogens is 3. The van der Waals surface area contributed by atoms with E-state index < -0.39 is 17.2 Å². The summed E-state index contributed by atoms with van der Waals surface area (Å²) in [6.45, 7) is 5.40. The molecule has 3 unspecified atom stereocenters. The van der Waals surface area contributed by atoms with E-state index in [9.17, 15) is 9.59 Å². The molecule has 3 atom stereocenters. The van der Waals surface area contributed by atoms with Crippen LogP contribution in [0.1, 0.15) is 31.4 Å². The van der Waals surface area contributed by atoms with Gasteiger partial charge in [0.15, 0.2) is 5.52 Å². The molecule has 9 nitrogen and oxygen atoms in total. The lowest BCUT2D eigenvalue weighted by Gasteiger charge is -2.24. The van der Waals surface area contributed by atoms with Crippen LogP contribution in [0.15, 0.2) is 9.59 Å². The SMILES string of the molecule is COCC(N)C1CN(c2c(F)nc3c(=O)n(N)c(=O)n(C4CC4)c3c2C)CC1C. The Balaban J connectivity index is 1.87. The molecule has 0 radical (unpaired) electrons. The highest BCUT2D eigenvalue weighted by molar-refractivity contribution is 5.83. The minimum Gasteiger partial charge on any atom is -0.383 e. The van der Waals surface area contributed by atoms with Crippen LogP contribution in [0.5, 0.6) is 0 Å². The Bertz CT molecular complexity index is 1080. The van der Waals surface area contributed by atoms with Crippen LogP contribution in [0.2, 0.25) is 0 Å².